The number of amides is 2. The highest BCUT2D eigenvalue weighted by Gasteiger charge is 2.35. The van der Waals surface area contributed by atoms with Crippen molar-refractivity contribution in [3.8, 4) is 0 Å². The van der Waals surface area contributed by atoms with Crippen LogP contribution in [0, 0.1) is 20.8 Å². The smallest absolute Gasteiger partial charge is 0.264 e. The maximum Gasteiger partial charge on any atom is 0.264 e. The third-order valence-electron chi connectivity index (χ3n) is 7.68. The van der Waals surface area contributed by atoms with Gasteiger partial charge in [0.25, 0.3) is 10.0 Å². The number of halogens is 1. The van der Waals surface area contributed by atoms with Crippen molar-refractivity contribution in [3.05, 3.63) is 129 Å². The number of aryl methyl sites for hydroxylation is 3. The number of sulfonamides is 1. The Bertz CT molecular complexity index is 1790. The molecule has 9 heteroatoms. The van der Waals surface area contributed by atoms with Gasteiger partial charge in [0.15, 0.2) is 0 Å². The highest BCUT2D eigenvalue weighted by atomic mass is 79.9. The van der Waals surface area contributed by atoms with Crippen molar-refractivity contribution < 1.29 is 18.0 Å². The molecule has 2 amide bonds. The van der Waals surface area contributed by atoms with Crippen LogP contribution in [0.3, 0.4) is 0 Å². The number of anilines is 1. The van der Waals surface area contributed by atoms with Gasteiger partial charge in [-0.3, -0.25) is 13.9 Å². The monoisotopic (exact) mass is 703 g/mol. The van der Waals surface area contributed by atoms with Gasteiger partial charge in [-0.25, -0.2) is 8.42 Å². The molecule has 0 saturated carbocycles. The predicted molar refractivity (Wildman–Crippen MR) is 188 cm³/mol. The first-order valence-corrected chi connectivity index (χ1v) is 17.4. The number of benzene rings is 4. The molecule has 1 atom stereocenters. The van der Waals surface area contributed by atoms with Gasteiger partial charge in [0.05, 0.1) is 10.6 Å². The molecule has 0 aliphatic rings. The number of nitrogens with zero attached hydrogens (tertiary/aromatic N) is 2. The van der Waals surface area contributed by atoms with Gasteiger partial charge in [0, 0.05) is 23.0 Å². The topological polar surface area (TPSA) is 86.8 Å². The molecule has 1 N–H and O–H groups in total. The van der Waals surface area contributed by atoms with Crippen LogP contribution in [0.2, 0.25) is 0 Å². The van der Waals surface area contributed by atoms with Crippen LogP contribution in [0.25, 0.3) is 0 Å². The van der Waals surface area contributed by atoms with E-state index in [4.69, 9.17) is 0 Å². The molecule has 0 spiro atoms. The summed E-state index contributed by atoms with van der Waals surface area (Å²) >= 11 is 3.52. The van der Waals surface area contributed by atoms with Gasteiger partial charge in [-0.05, 0) is 100 Å². The molecule has 4 rings (SSSR count). The minimum atomic E-state index is -4.16. The van der Waals surface area contributed by atoms with Crippen molar-refractivity contribution in [2.45, 2.75) is 71.0 Å². The summed E-state index contributed by atoms with van der Waals surface area (Å²) in [6, 6.07) is 28.1. The molecule has 46 heavy (non-hydrogen) atoms. The molecule has 1 unspecified atom stereocenters. The van der Waals surface area contributed by atoms with Crippen molar-refractivity contribution in [3.63, 3.8) is 0 Å². The fourth-order valence-electron chi connectivity index (χ4n) is 5.09. The number of carbonyl (C=O) groups is 2. The van der Waals surface area contributed by atoms with E-state index in [1.165, 1.54) is 4.90 Å². The summed E-state index contributed by atoms with van der Waals surface area (Å²) in [4.78, 5) is 30.2. The van der Waals surface area contributed by atoms with Crippen LogP contribution in [0.1, 0.15) is 48.6 Å². The quantitative estimate of drug-likeness (QED) is 0.180. The molecule has 0 heterocycles. The first-order valence-electron chi connectivity index (χ1n) is 15.2. The number of nitrogens with one attached hydrogen (secondary N) is 1. The van der Waals surface area contributed by atoms with Crippen LogP contribution in [0.4, 0.5) is 5.69 Å². The van der Waals surface area contributed by atoms with E-state index in [-0.39, 0.29) is 23.8 Å². The molecule has 7 nitrogen and oxygen atoms in total. The molecule has 242 valence electrons. The Morgan fingerprint density at radius 3 is 2.07 bits per heavy atom. The molecule has 0 radical (unpaired) electrons. The summed E-state index contributed by atoms with van der Waals surface area (Å²) in [5.74, 6) is -0.822. The second-order valence-corrected chi connectivity index (χ2v) is 15.5. The third kappa shape index (κ3) is 9.07. The van der Waals surface area contributed by atoms with Crippen LogP contribution < -0.4 is 9.62 Å². The molecule has 4 aromatic rings. The lowest BCUT2D eigenvalue weighted by molar-refractivity contribution is -0.140. The van der Waals surface area contributed by atoms with Gasteiger partial charge in [-0.15, -0.1) is 0 Å². The van der Waals surface area contributed by atoms with Gasteiger partial charge < -0.3 is 10.2 Å². The number of carbonyl (C=O) groups excluding carboxylic acids is 2. The normalized spacial score (nSPS) is 12.3. The molecule has 4 aromatic carbocycles. The van der Waals surface area contributed by atoms with E-state index in [2.05, 4.69) is 21.2 Å². The predicted octanol–water partition coefficient (Wildman–Crippen LogP) is 7.12. The van der Waals surface area contributed by atoms with Crippen LogP contribution >= 0.6 is 15.9 Å². The van der Waals surface area contributed by atoms with E-state index in [1.54, 1.807) is 36.4 Å². The van der Waals surface area contributed by atoms with Crippen LogP contribution in [-0.4, -0.2) is 43.3 Å². The summed E-state index contributed by atoms with van der Waals surface area (Å²) in [6.07, 6.45) is 0.247. The molecule has 0 aromatic heterocycles. The minimum Gasteiger partial charge on any atom is -0.350 e. The molecule has 0 fully saturated rings. The fraction of sp³-hybridized carbons (Fsp3) is 0.297. The number of hydrogen-bond donors (Lipinski definition) is 1. The van der Waals surface area contributed by atoms with Crippen LogP contribution in [-0.2, 0) is 32.6 Å². The zero-order chi connectivity index (χ0) is 33.6. The Labute approximate surface area is 281 Å². The molecule has 0 saturated heterocycles. The van der Waals surface area contributed by atoms with Gasteiger partial charge in [-0.2, -0.15) is 0 Å². The zero-order valence-electron chi connectivity index (χ0n) is 27.2. The standard InChI is InChI=1S/C37H42BrN3O4S/c1-26-15-19-33(20-16-26)46(44,45)41(32-18-17-27(2)28(3)21-32)25-35(42)40(24-30-13-10-14-31(38)22-30)34(36(43)39-37(4,5)6)23-29-11-8-7-9-12-29/h7-22,34H,23-25H2,1-6H3,(H,39,43). The van der Waals surface area contributed by atoms with E-state index < -0.39 is 34.1 Å². The second-order valence-electron chi connectivity index (χ2n) is 12.7. The van der Waals surface area contributed by atoms with Crippen molar-refractivity contribution in [2.75, 3.05) is 10.8 Å². The number of hydrogen-bond acceptors (Lipinski definition) is 4. The van der Waals surface area contributed by atoms with Crippen molar-refractivity contribution in [1.82, 2.24) is 10.2 Å². The Balaban J connectivity index is 1.84. The highest BCUT2D eigenvalue weighted by Crippen LogP contribution is 2.27. The minimum absolute atomic E-state index is 0.0778. The van der Waals surface area contributed by atoms with E-state index in [0.29, 0.717) is 5.69 Å². The van der Waals surface area contributed by atoms with Crippen LogP contribution in [0.5, 0.6) is 0 Å². The summed E-state index contributed by atoms with van der Waals surface area (Å²) in [5, 5.41) is 3.06. The maximum atomic E-state index is 14.6. The van der Waals surface area contributed by atoms with Crippen molar-refractivity contribution in [1.29, 1.82) is 0 Å². The Morgan fingerprint density at radius 2 is 1.46 bits per heavy atom. The third-order valence-corrected chi connectivity index (χ3v) is 9.96. The average Bonchev–Trinajstić information content (AvgIpc) is 2.99. The summed E-state index contributed by atoms with van der Waals surface area (Å²) < 4.78 is 30.5. The SMILES string of the molecule is Cc1ccc(S(=O)(=O)N(CC(=O)N(Cc2cccc(Br)c2)C(Cc2ccccc2)C(=O)NC(C)(C)C)c2ccc(C)c(C)c2)cc1. The largest absolute Gasteiger partial charge is 0.350 e. The first kappa shape index (κ1) is 34.9. The first-order chi connectivity index (χ1) is 21.6. The second kappa shape index (κ2) is 14.6. The Kier molecular flexibility index (Phi) is 11.1. The van der Waals surface area contributed by atoms with Gasteiger partial charge in [-0.1, -0.05) is 82.2 Å². The Morgan fingerprint density at radius 1 is 0.804 bits per heavy atom. The molecule has 0 aliphatic carbocycles. The van der Waals surface area contributed by atoms with Crippen LogP contribution in [0.15, 0.2) is 106 Å². The van der Waals surface area contributed by atoms with E-state index in [9.17, 15) is 18.0 Å². The molecule has 0 aliphatic heterocycles. The van der Waals surface area contributed by atoms with E-state index in [0.717, 1.165) is 36.6 Å². The lowest BCUT2D eigenvalue weighted by atomic mass is 10.0. The van der Waals surface area contributed by atoms with Gasteiger partial charge in [0.1, 0.15) is 12.6 Å². The average molecular weight is 705 g/mol. The molecule has 0 bridgehead atoms. The summed E-state index contributed by atoms with van der Waals surface area (Å²) in [5.41, 5.74) is 4.30. The van der Waals surface area contributed by atoms with Crippen molar-refractivity contribution >= 4 is 43.5 Å². The number of rotatable bonds is 11. The van der Waals surface area contributed by atoms with Gasteiger partial charge >= 0.3 is 0 Å². The highest BCUT2D eigenvalue weighted by molar-refractivity contribution is 9.10. The molecular weight excluding hydrogens is 662 g/mol. The van der Waals surface area contributed by atoms with Crippen molar-refractivity contribution in [2.24, 2.45) is 0 Å². The fourth-order valence-corrected chi connectivity index (χ4v) is 6.94. The van der Waals surface area contributed by atoms with E-state index in [1.807, 2.05) is 102 Å². The van der Waals surface area contributed by atoms with Gasteiger partial charge in [0.2, 0.25) is 11.8 Å². The summed E-state index contributed by atoms with van der Waals surface area (Å²) in [7, 11) is -4.16. The Hall–Kier alpha value is -3.95. The lowest BCUT2D eigenvalue weighted by Gasteiger charge is -2.35. The van der Waals surface area contributed by atoms with E-state index >= 15 is 0 Å². The molecular formula is C37H42BrN3O4S. The maximum absolute atomic E-state index is 14.6. The lowest BCUT2D eigenvalue weighted by Crippen LogP contribution is -2.56. The zero-order valence-corrected chi connectivity index (χ0v) is 29.7. The summed E-state index contributed by atoms with van der Waals surface area (Å²) in [6.45, 7) is 11.0.